The number of nitrogens with zero attached hydrogens (tertiary/aromatic N) is 2. The third kappa shape index (κ3) is 3.82. The van der Waals surface area contributed by atoms with Crippen LogP contribution in [-0.2, 0) is 9.53 Å². The van der Waals surface area contributed by atoms with E-state index in [1.165, 1.54) is 7.11 Å². The van der Waals surface area contributed by atoms with Gasteiger partial charge in [0.05, 0.1) is 24.2 Å². The van der Waals surface area contributed by atoms with Crippen LogP contribution in [0.5, 0.6) is 0 Å². The molecule has 0 unspecified atom stereocenters. The van der Waals surface area contributed by atoms with Crippen LogP contribution in [0, 0.1) is 5.92 Å². The number of hydrogen-bond acceptors (Lipinski definition) is 4. The first kappa shape index (κ1) is 18.9. The summed E-state index contributed by atoms with van der Waals surface area (Å²) in [4.78, 5) is 34.6. The van der Waals surface area contributed by atoms with E-state index in [4.69, 9.17) is 0 Å². The van der Waals surface area contributed by atoms with E-state index >= 15 is 0 Å². The van der Waals surface area contributed by atoms with Crippen LogP contribution in [0.3, 0.4) is 0 Å². The number of aromatic amines is 1. The molecule has 0 radical (unpaired) electrons. The van der Waals surface area contributed by atoms with Crippen molar-refractivity contribution in [1.29, 1.82) is 0 Å². The lowest BCUT2D eigenvalue weighted by Gasteiger charge is -2.29. The SMILES string of the molecule is C=Cc1ccc2nc([C@@H]3CCCN3C(=O)[C@@H](NC(=O)OC)C(C)C)[nH]c2c1. The highest BCUT2D eigenvalue weighted by Crippen LogP contribution is 2.32. The maximum absolute atomic E-state index is 13.1. The van der Waals surface area contributed by atoms with Crippen LogP contribution in [0.2, 0.25) is 0 Å². The van der Waals surface area contributed by atoms with Crippen molar-refractivity contribution in [3.8, 4) is 0 Å². The zero-order chi connectivity index (χ0) is 19.6. The Morgan fingerprint density at radius 2 is 2.22 bits per heavy atom. The van der Waals surface area contributed by atoms with Gasteiger partial charge in [-0.25, -0.2) is 9.78 Å². The number of nitrogens with one attached hydrogen (secondary N) is 2. The minimum atomic E-state index is -0.630. The number of likely N-dealkylation sites (tertiary alicyclic amines) is 1. The van der Waals surface area contributed by atoms with Gasteiger partial charge in [-0.3, -0.25) is 4.79 Å². The van der Waals surface area contributed by atoms with Crippen LogP contribution in [0.4, 0.5) is 4.79 Å². The number of hydrogen-bond donors (Lipinski definition) is 2. The minimum Gasteiger partial charge on any atom is -0.453 e. The number of H-pyrrole nitrogens is 1. The van der Waals surface area contributed by atoms with Crippen molar-refractivity contribution in [2.75, 3.05) is 13.7 Å². The number of fused-ring (bicyclic) bond motifs is 1. The second-order valence-electron chi connectivity index (χ2n) is 7.15. The highest BCUT2D eigenvalue weighted by Gasteiger charge is 2.37. The Kier molecular flexibility index (Phi) is 5.48. The third-order valence-electron chi connectivity index (χ3n) is 5.00. The first-order chi connectivity index (χ1) is 12.9. The summed E-state index contributed by atoms with van der Waals surface area (Å²) in [6.07, 6.45) is 2.92. The van der Waals surface area contributed by atoms with E-state index in [0.717, 1.165) is 35.3 Å². The summed E-state index contributed by atoms with van der Waals surface area (Å²) >= 11 is 0. The molecule has 144 valence electrons. The Balaban J connectivity index is 1.86. The second-order valence-corrected chi connectivity index (χ2v) is 7.15. The van der Waals surface area contributed by atoms with Crippen LogP contribution in [0.25, 0.3) is 17.1 Å². The number of ether oxygens (including phenoxy) is 1. The number of rotatable bonds is 5. The number of benzene rings is 1. The summed E-state index contributed by atoms with van der Waals surface area (Å²) in [7, 11) is 1.29. The van der Waals surface area contributed by atoms with Crippen molar-refractivity contribution in [3.63, 3.8) is 0 Å². The molecule has 7 nitrogen and oxygen atoms in total. The van der Waals surface area contributed by atoms with Gasteiger partial charge in [0.25, 0.3) is 0 Å². The van der Waals surface area contributed by atoms with Crippen molar-refractivity contribution >= 4 is 29.1 Å². The summed E-state index contributed by atoms with van der Waals surface area (Å²) in [5, 5.41) is 2.66. The number of imidazole rings is 1. The van der Waals surface area contributed by atoms with Crippen LogP contribution in [0.1, 0.15) is 44.1 Å². The molecule has 0 saturated carbocycles. The molecule has 0 bridgehead atoms. The lowest BCUT2D eigenvalue weighted by Crippen LogP contribution is -2.51. The van der Waals surface area contributed by atoms with Crippen molar-refractivity contribution in [2.24, 2.45) is 5.92 Å². The molecule has 1 aliphatic heterocycles. The standard InChI is InChI=1S/C20H26N4O3/c1-5-13-8-9-14-15(11-13)22-18(21-14)16-7-6-10-24(16)19(25)17(12(2)3)23-20(26)27-4/h5,8-9,11-12,16-17H,1,6-7,10H2,2-4H3,(H,21,22)(H,23,26)/t16-,17-/m0/s1. The molecule has 0 aliphatic carbocycles. The topological polar surface area (TPSA) is 87.3 Å². The molecule has 2 heterocycles. The van der Waals surface area contributed by atoms with Crippen LogP contribution >= 0.6 is 0 Å². The highest BCUT2D eigenvalue weighted by atomic mass is 16.5. The van der Waals surface area contributed by atoms with Crippen molar-refractivity contribution in [1.82, 2.24) is 20.2 Å². The Morgan fingerprint density at radius 3 is 2.89 bits per heavy atom. The van der Waals surface area contributed by atoms with Gasteiger partial charge in [-0.1, -0.05) is 32.6 Å². The molecule has 2 atom stereocenters. The van der Waals surface area contributed by atoms with Gasteiger partial charge < -0.3 is 19.9 Å². The molecule has 27 heavy (non-hydrogen) atoms. The predicted molar refractivity (Wildman–Crippen MR) is 104 cm³/mol. The number of methoxy groups -OCH3 is 1. The van der Waals surface area contributed by atoms with E-state index in [2.05, 4.69) is 26.6 Å². The molecule has 1 aliphatic rings. The fourth-order valence-electron chi connectivity index (χ4n) is 3.52. The second kappa shape index (κ2) is 7.82. The van der Waals surface area contributed by atoms with Gasteiger partial charge in [-0.2, -0.15) is 0 Å². The molecule has 2 N–H and O–H groups in total. The fourth-order valence-corrected chi connectivity index (χ4v) is 3.52. The van der Waals surface area contributed by atoms with Crippen LogP contribution in [0.15, 0.2) is 24.8 Å². The van der Waals surface area contributed by atoms with E-state index in [0.29, 0.717) is 6.54 Å². The summed E-state index contributed by atoms with van der Waals surface area (Å²) < 4.78 is 4.67. The Hall–Kier alpha value is -2.83. The Morgan fingerprint density at radius 1 is 1.44 bits per heavy atom. The summed E-state index contributed by atoms with van der Waals surface area (Å²) in [5.74, 6) is 0.617. The molecule has 1 aromatic heterocycles. The molecule has 0 spiro atoms. The number of carbonyl (C=O) groups excluding carboxylic acids is 2. The Bertz CT molecular complexity index is 858. The average Bonchev–Trinajstić information content (AvgIpc) is 3.30. The molecule has 1 saturated heterocycles. The molecule has 3 rings (SSSR count). The number of alkyl carbamates (subject to hydrolysis) is 1. The van der Waals surface area contributed by atoms with E-state index in [9.17, 15) is 9.59 Å². The number of amides is 2. The number of carbonyl (C=O) groups is 2. The quantitative estimate of drug-likeness (QED) is 0.846. The zero-order valence-electron chi connectivity index (χ0n) is 16.0. The van der Waals surface area contributed by atoms with Crippen LogP contribution < -0.4 is 5.32 Å². The van der Waals surface area contributed by atoms with E-state index in [1.54, 1.807) is 6.08 Å². The largest absolute Gasteiger partial charge is 0.453 e. The van der Waals surface area contributed by atoms with E-state index in [-0.39, 0.29) is 17.9 Å². The highest BCUT2D eigenvalue weighted by molar-refractivity contribution is 5.86. The first-order valence-electron chi connectivity index (χ1n) is 9.21. The van der Waals surface area contributed by atoms with Crippen molar-refractivity contribution in [2.45, 2.75) is 38.8 Å². The number of aromatic nitrogens is 2. The van der Waals surface area contributed by atoms with Crippen molar-refractivity contribution in [3.05, 3.63) is 36.2 Å². The third-order valence-corrected chi connectivity index (χ3v) is 5.00. The summed E-state index contributed by atoms with van der Waals surface area (Å²) in [6.45, 7) is 8.24. The first-order valence-corrected chi connectivity index (χ1v) is 9.21. The maximum atomic E-state index is 13.1. The molecular formula is C20H26N4O3. The van der Waals surface area contributed by atoms with Gasteiger partial charge in [0.15, 0.2) is 0 Å². The van der Waals surface area contributed by atoms with Gasteiger partial charge in [-0.15, -0.1) is 0 Å². The Labute approximate surface area is 158 Å². The lowest BCUT2D eigenvalue weighted by atomic mass is 10.0. The molecule has 1 fully saturated rings. The molecule has 2 amide bonds. The van der Waals surface area contributed by atoms with Gasteiger partial charge in [-0.05, 0) is 36.5 Å². The van der Waals surface area contributed by atoms with Gasteiger partial charge in [0.2, 0.25) is 5.91 Å². The van der Waals surface area contributed by atoms with Crippen molar-refractivity contribution < 1.29 is 14.3 Å². The van der Waals surface area contributed by atoms with E-state index < -0.39 is 12.1 Å². The molecule has 1 aromatic carbocycles. The fraction of sp³-hybridized carbons (Fsp3) is 0.450. The summed E-state index contributed by atoms with van der Waals surface area (Å²) in [5.41, 5.74) is 2.80. The predicted octanol–water partition coefficient (Wildman–Crippen LogP) is 3.25. The normalized spacial score (nSPS) is 17.9. The van der Waals surface area contributed by atoms with Gasteiger partial charge in [0.1, 0.15) is 11.9 Å². The minimum absolute atomic E-state index is 0.0522. The van der Waals surface area contributed by atoms with Gasteiger partial charge in [0, 0.05) is 6.54 Å². The lowest BCUT2D eigenvalue weighted by molar-refractivity contribution is -0.135. The van der Waals surface area contributed by atoms with E-state index in [1.807, 2.05) is 36.9 Å². The molecule has 7 heteroatoms. The zero-order valence-corrected chi connectivity index (χ0v) is 16.0. The summed E-state index contributed by atoms with van der Waals surface area (Å²) in [6, 6.07) is 5.15. The monoisotopic (exact) mass is 370 g/mol. The van der Waals surface area contributed by atoms with Crippen LogP contribution in [-0.4, -0.2) is 46.6 Å². The van der Waals surface area contributed by atoms with Gasteiger partial charge >= 0.3 is 6.09 Å². The maximum Gasteiger partial charge on any atom is 0.407 e. The average molecular weight is 370 g/mol. The molecule has 2 aromatic rings. The smallest absolute Gasteiger partial charge is 0.407 e. The molecular weight excluding hydrogens is 344 g/mol.